The monoisotopic (exact) mass is 350 g/mol. The zero-order valence-electron chi connectivity index (χ0n) is 15.3. The lowest BCUT2D eigenvalue weighted by Gasteiger charge is -2.37. The molecule has 3 heteroatoms. The van der Waals surface area contributed by atoms with Crippen molar-refractivity contribution in [1.82, 2.24) is 0 Å². The minimum Gasteiger partial charge on any atom is -0.376 e. The smallest absolute Gasteiger partial charge is 0.182 e. The largest absolute Gasteiger partial charge is 0.376 e. The number of ether oxygens (including phenoxy) is 1. The molecule has 3 nitrogen and oxygen atoms in total. The molecule has 0 N–H and O–H groups in total. The summed E-state index contributed by atoms with van der Waals surface area (Å²) in [7, 11) is 0. The summed E-state index contributed by atoms with van der Waals surface area (Å²) in [4.78, 5) is 24.0. The number of hydrogen-bond acceptors (Lipinski definition) is 3. The maximum absolute atomic E-state index is 12.2. The zero-order valence-corrected chi connectivity index (χ0v) is 15.3. The highest BCUT2D eigenvalue weighted by molar-refractivity contribution is 6.13. The average Bonchev–Trinajstić information content (AvgIpc) is 2.61. The Hall–Kier alpha value is -2.26. The lowest BCUT2D eigenvalue weighted by molar-refractivity contribution is -0.114. The van der Waals surface area contributed by atoms with E-state index in [-0.39, 0.29) is 17.5 Å². The minimum atomic E-state index is -0.118. The van der Waals surface area contributed by atoms with Crippen LogP contribution in [0.5, 0.6) is 0 Å². The Morgan fingerprint density at radius 3 is 2.54 bits per heavy atom. The van der Waals surface area contributed by atoms with Crippen molar-refractivity contribution in [2.24, 2.45) is 17.8 Å². The number of ketones is 2. The van der Waals surface area contributed by atoms with E-state index >= 15 is 0 Å². The van der Waals surface area contributed by atoms with Crippen LogP contribution in [-0.4, -0.2) is 18.2 Å². The van der Waals surface area contributed by atoms with Crippen LogP contribution in [-0.2, 0) is 20.9 Å². The van der Waals surface area contributed by atoms with Gasteiger partial charge in [-0.15, -0.1) is 0 Å². The predicted octanol–water partition coefficient (Wildman–Crippen LogP) is 4.45. The van der Waals surface area contributed by atoms with Crippen LogP contribution in [0, 0.1) is 17.8 Å². The van der Waals surface area contributed by atoms with E-state index in [4.69, 9.17) is 4.74 Å². The van der Waals surface area contributed by atoms with E-state index in [0.29, 0.717) is 29.6 Å². The van der Waals surface area contributed by atoms with Crippen LogP contribution >= 0.6 is 0 Å². The molecule has 1 fully saturated rings. The standard InChI is InChI=1S/C23H26O3/c1-16-10-23(25)17(2)21(8-9-22(16)24)13-19-11-20(12-19)15-26-14-18-6-4-3-5-7-18/h3-10,19-21H,2,11-15H2,1H3/b9-8-,16-10-. The van der Waals surface area contributed by atoms with E-state index in [0.717, 1.165) is 25.9 Å². The van der Waals surface area contributed by atoms with Gasteiger partial charge in [0.2, 0.25) is 0 Å². The van der Waals surface area contributed by atoms with E-state index in [1.165, 1.54) is 11.6 Å². The molecule has 0 aromatic heterocycles. The number of hydrogen-bond donors (Lipinski definition) is 0. The lowest BCUT2D eigenvalue weighted by Crippen LogP contribution is -2.30. The fourth-order valence-corrected chi connectivity index (χ4v) is 3.69. The topological polar surface area (TPSA) is 43.4 Å². The summed E-state index contributed by atoms with van der Waals surface area (Å²) >= 11 is 0. The van der Waals surface area contributed by atoms with Crippen LogP contribution in [0.3, 0.4) is 0 Å². The lowest BCUT2D eigenvalue weighted by atomic mass is 9.70. The van der Waals surface area contributed by atoms with E-state index in [9.17, 15) is 9.59 Å². The third kappa shape index (κ3) is 4.67. The first-order chi connectivity index (χ1) is 12.5. The maximum Gasteiger partial charge on any atom is 0.182 e. The van der Waals surface area contributed by atoms with Gasteiger partial charge in [0, 0.05) is 18.1 Å². The van der Waals surface area contributed by atoms with Crippen molar-refractivity contribution in [3.05, 3.63) is 71.8 Å². The van der Waals surface area contributed by atoms with Crippen LogP contribution in [0.1, 0.15) is 31.7 Å². The molecule has 0 bridgehead atoms. The van der Waals surface area contributed by atoms with Gasteiger partial charge in [0.1, 0.15) is 0 Å². The molecule has 0 radical (unpaired) electrons. The Bertz CT molecular complexity index is 736. The Balaban J connectivity index is 1.43. The predicted molar refractivity (Wildman–Crippen MR) is 102 cm³/mol. The fourth-order valence-electron chi connectivity index (χ4n) is 3.69. The van der Waals surface area contributed by atoms with E-state index < -0.39 is 0 Å². The summed E-state index contributed by atoms with van der Waals surface area (Å²) < 4.78 is 5.82. The van der Waals surface area contributed by atoms with Gasteiger partial charge < -0.3 is 4.74 Å². The molecule has 1 unspecified atom stereocenters. The molecule has 2 aliphatic rings. The third-order valence-corrected chi connectivity index (χ3v) is 5.37. The summed E-state index contributed by atoms with van der Waals surface area (Å²) in [5.41, 5.74) is 2.27. The molecule has 3 rings (SSSR count). The molecule has 0 amide bonds. The fraction of sp³-hybridized carbons (Fsp3) is 0.391. The first kappa shape index (κ1) is 18.5. The molecule has 0 aliphatic heterocycles. The van der Waals surface area contributed by atoms with Crippen molar-refractivity contribution in [2.45, 2.75) is 32.8 Å². The second-order valence-electron chi connectivity index (χ2n) is 7.49. The van der Waals surface area contributed by atoms with Crippen LogP contribution in [0.2, 0.25) is 0 Å². The number of benzene rings is 1. The third-order valence-electron chi connectivity index (χ3n) is 5.37. The molecule has 0 spiro atoms. The zero-order chi connectivity index (χ0) is 18.5. The molecule has 1 atom stereocenters. The Labute approximate surface area is 155 Å². The quantitative estimate of drug-likeness (QED) is 0.712. The highest BCUT2D eigenvalue weighted by atomic mass is 16.5. The Morgan fingerprint density at radius 2 is 1.81 bits per heavy atom. The molecule has 1 aromatic carbocycles. The highest BCUT2D eigenvalue weighted by Gasteiger charge is 2.32. The van der Waals surface area contributed by atoms with Crippen molar-refractivity contribution in [3.8, 4) is 0 Å². The van der Waals surface area contributed by atoms with Crippen molar-refractivity contribution in [3.63, 3.8) is 0 Å². The van der Waals surface area contributed by atoms with Crippen molar-refractivity contribution >= 4 is 11.6 Å². The minimum absolute atomic E-state index is 0.0352. The van der Waals surface area contributed by atoms with Crippen LogP contribution in [0.15, 0.2) is 66.3 Å². The second-order valence-corrected chi connectivity index (χ2v) is 7.49. The van der Waals surface area contributed by atoms with Crippen molar-refractivity contribution < 1.29 is 14.3 Å². The molecule has 1 saturated carbocycles. The SMILES string of the molecule is C=C1C(=O)/C=C(/C)C(=O)/C=C\C1CC1CC(COCc2ccccc2)C1. The van der Waals surface area contributed by atoms with Gasteiger partial charge in [-0.3, -0.25) is 9.59 Å². The normalized spacial score (nSPS) is 29.3. The number of allylic oxidation sites excluding steroid dienone is 5. The second kappa shape index (κ2) is 8.41. The number of rotatable bonds is 6. The summed E-state index contributed by atoms with van der Waals surface area (Å²) in [6.07, 6.45) is 7.98. The molecular formula is C23H26O3. The summed E-state index contributed by atoms with van der Waals surface area (Å²) in [5, 5.41) is 0. The summed E-state index contributed by atoms with van der Waals surface area (Å²) in [5.74, 6) is 0.920. The van der Waals surface area contributed by atoms with Gasteiger partial charge in [-0.2, -0.15) is 0 Å². The van der Waals surface area contributed by atoms with Gasteiger partial charge >= 0.3 is 0 Å². The number of carbonyl (C=O) groups excluding carboxylic acids is 2. The maximum atomic E-state index is 12.2. The van der Waals surface area contributed by atoms with Gasteiger partial charge in [0.15, 0.2) is 11.6 Å². The van der Waals surface area contributed by atoms with Crippen LogP contribution in [0.4, 0.5) is 0 Å². The summed E-state index contributed by atoms with van der Waals surface area (Å²) in [6.45, 7) is 7.08. The van der Waals surface area contributed by atoms with Gasteiger partial charge in [0.25, 0.3) is 0 Å². The van der Waals surface area contributed by atoms with Crippen molar-refractivity contribution in [2.75, 3.05) is 6.61 Å². The van der Waals surface area contributed by atoms with Crippen molar-refractivity contribution in [1.29, 1.82) is 0 Å². The first-order valence-electron chi connectivity index (χ1n) is 9.28. The molecule has 136 valence electrons. The van der Waals surface area contributed by atoms with E-state index in [2.05, 4.69) is 18.7 Å². The molecule has 2 aliphatic carbocycles. The van der Waals surface area contributed by atoms with Crippen LogP contribution < -0.4 is 0 Å². The Morgan fingerprint density at radius 1 is 1.08 bits per heavy atom. The Kier molecular flexibility index (Phi) is 6.00. The van der Waals surface area contributed by atoms with E-state index in [1.54, 1.807) is 13.0 Å². The molecule has 0 heterocycles. The molecule has 1 aromatic rings. The van der Waals surface area contributed by atoms with Gasteiger partial charge in [-0.05, 0) is 61.3 Å². The van der Waals surface area contributed by atoms with Gasteiger partial charge in [-0.25, -0.2) is 0 Å². The van der Waals surface area contributed by atoms with Gasteiger partial charge in [-0.1, -0.05) is 43.0 Å². The molecular weight excluding hydrogens is 324 g/mol. The highest BCUT2D eigenvalue weighted by Crippen LogP contribution is 2.40. The summed E-state index contributed by atoms with van der Waals surface area (Å²) in [6, 6.07) is 10.2. The van der Waals surface area contributed by atoms with E-state index in [1.807, 2.05) is 24.3 Å². The number of carbonyl (C=O) groups is 2. The molecule has 26 heavy (non-hydrogen) atoms. The van der Waals surface area contributed by atoms with Crippen LogP contribution in [0.25, 0.3) is 0 Å². The first-order valence-corrected chi connectivity index (χ1v) is 9.28. The van der Waals surface area contributed by atoms with Gasteiger partial charge in [0.05, 0.1) is 6.61 Å². The molecule has 0 saturated heterocycles. The average molecular weight is 350 g/mol.